The number of hydrogen-bond donors (Lipinski definition) is 3. The first-order valence-electron chi connectivity index (χ1n) is 11.8. The molecular weight excluding hydrogens is 444 g/mol. The Hall–Kier alpha value is -3.55. The molecule has 7 heteroatoms. The van der Waals surface area contributed by atoms with Crippen LogP contribution >= 0.6 is 0 Å². The summed E-state index contributed by atoms with van der Waals surface area (Å²) in [6.45, 7) is 1.29. The number of fused-ring (bicyclic) bond motifs is 1. The smallest absolute Gasteiger partial charge is 0.335 e. The first-order chi connectivity index (χ1) is 16.9. The van der Waals surface area contributed by atoms with Gasteiger partial charge in [0.05, 0.1) is 5.56 Å². The van der Waals surface area contributed by atoms with Crippen molar-refractivity contribution in [2.45, 2.75) is 25.0 Å². The number of aliphatic hydroxyl groups excluding tert-OH is 1. The van der Waals surface area contributed by atoms with Crippen LogP contribution in [0.15, 0.2) is 66.7 Å². The summed E-state index contributed by atoms with van der Waals surface area (Å²) in [5.74, 6) is 0.683. The second-order valence-electron chi connectivity index (χ2n) is 8.99. The second-order valence-corrected chi connectivity index (χ2v) is 8.99. The molecule has 1 aliphatic rings. The molecule has 0 bridgehead atoms. The second kappa shape index (κ2) is 11.3. The zero-order valence-electron chi connectivity index (χ0n) is 20.1. The topological polar surface area (TPSA) is 91.3 Å². The molecule has 2 atom stereocenters. The zero-order chi connectivity index (χ0) is 24.8. The molecule has 0 spiro atoms. The lowest BCUT2D eigenvalue weighted by atomic mass is 9.96. The molecule has 3 N–H and O–H groups in total. The number of ether oxygens (including phenoxy) is 2. The van der Waals surface area contributed by atoms with Gasteiger partial charge in [-0.25, -0.2) is 4.79 Å². The average Bonchev–Trinajstić information content (AvgIpc) is 2.87. The summed E-state index contributed by atoms with van der Waals surface area (Å²) in [6.07, 6.45) is 1.20. The largest absolute Gasteiger partial charge is 0.491 e. The van der Waals surface area contributed by atoms with E-state index in [0.29, 0.717) is 13.1 Å². The van der Waals surface area contributed by atoms with E-state index < -0.39 is 12.1 Å². The van der Waals surface area contributed by atoms with Gasteiger partial charge in [-0.2, -0.15) is 0 Å². The average molecular weight is 477 g/mol. The number of carboxylic acid groups (broad SMARTS) is 1. The minimum atomic E-state index is -0.926. The Labute approximate surface area is 205 Å². The minimum Gasteiger partial charge on any atom is -0.491 e. The van der Waals surface area contributed by atoms with Crippen molar-refractivity contribution in [3.8, 4) is 22.6 Å². The quantitative estimate of drug-likeness (QED) is 0.410. The number of aryl methyl sites for hydroxylation is 1. The van der Waals surface area contributed by atoms with Gasteiger partial charge in [-0.15, -0.1) is 0 Å². The van der Waals surface area contributed by atoms with Crippen LogP contribution in [0.25, 0.3) is 11.1 Å². The van der Waals surface area contributed by atoms with E-state index in [4.69, 9.17) is 14.6 Å². The van der Waals surface area contributed by atoms with E-state index in [2.05, 4.69) is 11.4 Å². The summed E-state index contributed by atoms with van der Waals surface area (Å²) in [5, 5.41) is 22.6. The Morgan fingerprint density at radius 1 is 1.09 bits per heavy atom. The number of benzene rings is 3. The van der Waals surface area contributed by atoms with Gasteiger partial charge in [-0.1, -0.05) is 18.2 Å². The van der Waals surface area contributed by atoms with Crippen LogP contribution in [0.1, 0.15) is 22.3 Å². The first-order valence-corrected chi connectivity index (χ1v) is 11.8. The van der Waals surface area contributed by atoms with E-state index in [-0.39, 0.29) is 18.3 Å². The van der Waals surface area contributed by atoms with Crippen LogP contribution in [0.3, 0.4) is 0 Å². The summed E-state index contributed by atoms with van der Waals surface area (Å²) in [7, 11) is 3.98. The fourth-order valence-corrected chi connectivity index (χ4v) is 4.08. The molecule has 1 heterocycles. The van der Waals surface area contributed by atoms with Crippen LogP contribution in [0.4, 0.5) is 5.69 Å². The molecule has 7 nitrogen and oxygen atoms in total. The molecular formula is C28H32N2O5. The highest BCUT2D eigenvalue weighted by molar-refractivity contribution is 5.88. The van der Waals surface area contributed by atoms with Crippen LogP contribution in [-0.2, 0) is 6.42 Å². The summed E-state index contributed by atoms with van der Waals surface area (Å²) in [4.78, 5) is 13.1. The van der Waals surface area contributed by atoms with Crippen molar-refractivity contribution < 1.29 is 24.5 Å². The van der Waals surface area contributed by atoms with Gasteiger partial charge in [0.2, 0.25) is 0 Å². The van der Waals surface area contributed by atoms with Crippen LogP contribution in [0, 0.1) is 0 Å². The minimum absolute atomic E-state index is 0.0369. The fourth-order valence-electron chi connectivity index (χ4n) is 4.08. The van der Waals surface area contributed by atoms with Gasteiger partial charge >= 0.3 is 5.97 Å². The van der Waals surface area contributed by atoms with E-state index in [9.17, 15) is 9.90 Å². The molecule has 4 rings (SSSR count). The maximum Gasteiger partial charge on any atom is 0.335 e. The van der Waals surface area contributed by atoms with Gasteiger partial charge in [0.25, 0.3) is 0 Å². The molecule has 0 saturated heterocycles. The van der Waals surface area contributed by atoms with Crippen molar-refractivity contribution in [1.82, 2.24) is 5.32 Å². The standard InChI is InChI=1S/C28H32N2O5/c1-30(2)23-9-12-25(13-10-23)34-18-24(31)16-29-17-26-11-7-22-15-21(8-14-27(22)35-26)19-3-5-20(6-4-19)28(32)33/h3-6,8-10,12-15,24,26,29,31H,7,11,16-18H2,1-2H3,(H,32,33). The number of aliphatic hydroxyl groups is 1. The SMILES string of the molecule is CN(C)c1ccc(OCC(O)CNCC2CCc3cc(-c4ccc(C(=O)O)cc4)ccc3O2)cc1. The normalized spacial score (nSPS) is 15.6. The number of aromatic carboxylic acids is 1. The van der Waals surface area contributed by atoms with E-state index in [1.807, 2.05) is 67.5 Å². The first kappa shape index (κ1) is 24.6. The van der Waals surface area contributed by atoms with Crippen molar-refractivity contribution in [3.63, 3.8) is 0 Å². The number of hydrogen-bond acceptors (Lipinski definition) is 6. The van der Waals surface area contributed by atoms with E-state index in [1.54, 1.807) is 12.1 Å². The molecule has 0 fully saturated rings. The number of anilines is 1. The Bertz CT molecular complexity index is 1130. The van der Waals surface area contributed by atoms with Crippen LogP contribution in [-0.4, -0.2) is 62.2 Å². The van der Waals surface area contributed by atoms with Crippen molar-refractivity contribution in [1.29, 1.82) is 0 Å². The van der Waals surface area contributed by atoms with Gasteiger partial charge in [-0.3, -0.25) is 0 Å². The fraction of sp³-hybridized carbons (Fsp3) is 0.321. The molecule has 0 saturated carbocycles. The van der Waals surface area contributed by atoms with Crippen LogP contribution < -0.4 is 19.7 Å². The highest BCUT2D eigenvalue weighted by Gasteiger charge is 2.20. The number of carboxylic acids is 1. The highest BCUT2D eigenvalue weighted by Crippen LogP contribution is 2.32. The lowest BCUT2D eigenvalue weighted by Gasteiger charge is -2.27. The van der Waals surface area contributed by atoms with Crippen molar-refractivity contribution in [3.05, 3.63) is 77.9 Å². The van der Waals surface area contributed by atoms with E-state index in [1.165, 1.54) is 0 Å². The summed E-state index contributed by atoms with van der Waals surface area (Å²) in [6, 6.07) is 20.8. The van der Waals surface area contributed by atoms with Gasteiger partial charge in [0.1, 0.15) is 30.3 Å². The third-order valence-electron chi connectivity index (χ3n) is 6.10. The Morgan fingerprint density at radius 2 is 1.80 bits per heavy atom. The Balaban J connectivity index is 1.22. The molecule has 0 amide bonds. The predicted octanol–water partition coefficient (Wildman–Crippen LogP) is 3.84. The van der Waals surface area contributed by atoms with Gasteiger partial charge in [-0.05, 0) is 78.1 Å². The maximum absolute atomic E-state index is 11.1. The van der Waals surface area contributed by atoms with E-state index in [0.717, 1.165) is 46.7 Å². The van der Waals surface area contributed by atoms with Gasteiger partial charge in [0, 0.05) is 32.9 Å². The number of nitrogens with zero attached hydrogens (tertiary/aromatic N) is 1. The molecule has 0 aromatic heterocycles. The maximum atomic E-state index is 11.1. The number of rotatable bonds is 10. The number of carbonyl (C=O) groups is 1. The Morgan fingerprint density at radius 3 is 2.49 bits per heavy atom. The Kier molecular flexibility index (Phi) is 7.90. The third-order valence-corrected chi connectivity index (χ3v) is 6.10. The lowest BCUT2D eigenvalue weighted by Crippen LogP contribution is -2.39. The van der Waals surface area contributed by atoms with Crippen LogP contribution in [0.2, 0.25) is 0 Å². The highest BCUT2D eigenvalue weighted by atomic mass is 16.5. The van der Waals surface area contributed by atoms with Gasteiger partial charge in [0.15, 0.2) is 0 Å². The van der Waals surface area contributed by atoms with Crippen LogP contribution in [0.5, 0.6) is 11.5 Å². The monoisotopic (exact) mass is 476 g/mol. The molecule has 3 aromatic carbocycles. The molecule has 0 aliphatic carbocycles. The third kappa shape index (κ3) is 6.53. The van der Waals surface area contributed by atoms with Crippen molar-refractivity contribution in [2.24, 2.45) is 0 Å². The molecule has 184 valence electrons. The van der Waals surface area contributed by atoms with E-state index >= 15 is 0 Å². The molecule has 3 aromatic rings. The molecule has 0 radical (unpaired) electrons. The zero-order valence-corrected chi connectivity index (χ0v) is 20.1. The lowest BCUT2D eigenvalue weighted by molar-refractivity contribution is 0.0697. The van der Waals surface area contributed by atoms with Crippen molar-refractivity contribution >= 4 is 11.7 Å². The summed E-state index contributed by atoms with van der Waals surface area (Å²) < 4.78 is 11.8. The molecule has 35 heavy (non-hydrogen) atoms. The molecule has 2 unspecified atom stereocenters. The van der Waals surface area contributed by atoms with Gasteiger partial charge < -0.3 is 29.9 Å². The summed E-state index contributed by atoms with van der Waals surface area (Å²) >= 11 is 0. The van der Waals surface area contributed by atoms with Crippen molar-refractivity contribution in [2.75, 3.05) is 38.7 Å². The number of nitrogens with one attached hydrogen (secondary N) is 1. The predicted molar refractivity (Wildman–Crippen MR) is 137 cm³/mol. The summed E-state index contributed by atoms with van der Waals surface area (Å²) in [5.41, 5.74) is 4.54. The molecule has 1 aliphatic heterocycles.